The molecule has 1 saturated heterocycles. The lowest BCUT2D eigenvalue weighted by Crippen LogP contribution is -2.53. The van der Waals surface area contributed by atoms with Gasteiger partial charge in [-0.25, -0.2) is 9.18 Å². The molecular weight excluding hydrogens is 467 g/mol. The average Bonchev–Trinajstić information content (AvgIpc) is 2.86. The lowest BCUT2D eigenvalue weighted by atomic mass is 9.94. The molecule has 3 atom stereocenters. The van der Waals surface area contributed by atoms with Crippen LogP contribution >= 0.6 is 0 Å². The molecule has 0 bridgehead atoms. The summed E-state index contributed by atoms with van der Waals surface area (Å²) in [6, 6.07) is 10.4. The first kappa shape index (κ1) is 25.4. The number of benzene rings is 2. The number of rotatable bonds is 6. The Bertz CT molecular complexity index is 1130. The standard InChI is InChI=1S/C26H31FN4O5/c1-3-12-28-26(34)29-16-8-11-22-18(13-16)25(33)31(2)21-10-9-17(36-23(21)15-35-22)14-24(32)30-20-7-5-4-6-19(20)27/h4-8,11,13,17,21,23H,3,9-10,12,14-15H2,1-2H3,(H,30,32)(H2,28,29,34)/t17-,21+,23-/m1/s1. The maximum atomic E-state index is 13.8. The van der Waals surface area contributed by atoms with Crippen LogP contribution in [0.1, 0.15) is 43.0 Å². The SMILES string of the molecule is CCCNC(=O)Nc1ccc2c(c1)C(=O)N(C)[C@H]1CC[C@H](CC(=O)Nc3ccccc3F)O[C@@H]1CO2. The maximum Gasteiger partial charge on any atom is 0.319 e. The van der Waals surface area contributed by atoms with Crippen molar-refractivity contribution < 1.29 is 28.2 Å². The van der Waals surface area contributed by atoms with Crippen LogP contribution in [-0.4, -0.2) is 61.2 Å². The van der Waals surface area contributed by atoms with Gasteiger partial charge in [-0.05, 0) is 49.6 Å². The zero-order valence-electron chi connectivity index (χ0n) is 20.4. The van der Waals surface area contributed by atoms with E-state index >= 15 is 0 Å². The molecule has 2 aromatic rings. The number of carbonyl (C=O) groups is 3. The van der Waals surface area contributed by atoms with Gasteiger partial charge in [-0.3, -0.25) is 9.59 Å². The number of para-hydroxylation sites is 1. The van der Waals surface area contributed by atoms with Crippen molar-refractivity contribution in [2.24, 2.45) is 0 Å². The van der Waals surface area contributed by atoms with Gasteiger partial charge < -0.3 is 30.3 Å². The Labute approximate surface area is 209 Å². The Balaban J connectivity index is 1.41. The minimum absolute atomic E-state index is 0.0704. The zero-order chi connectivity index (χ0) is 25.7. The first-order valence-electron chi connectivity index (χ1n) is 12.1. The van der Waals surface area contributed by atoms with Gasteiger partial charge in [0.2, 0.25) is 5.91 Å². The number of hydrogen-bond acceptors (Lipinski definition) is 5. The van der Waals surface area contributed by atoms with E-state index in [0.717, 1.165) is 6.42 Å². The van der Waals surface area contributed by atoms with Crippen LogP contribution in [-0.2, 0) is 9.53 Å². The molecule has 1 fully saturated rings. The van der Waals surface area contributed by atoms with E-state index in [2.05, 4.69) is 16.0 Å². The Morgan fingerprint density at radius 1 is 1.14 bits per heavy atom. The predicted molar refractivity (Wildman–Crippen MR) is 133 cm³/mol. The van der Waals surface area contributed by atoms with Crippen LogP contribution < -0.4 is 20.7 Å². The molecule has 0 saturated carbocycles. The van der Waals surface area contributed by atoms with E-state index in [4.69, 9.17) is 9.47 Å². The molecule has 4 amide bonds. The second-order valence-electron chi connectivity index (χ2n) is 8.99. The lowest BCUT2D eigenvalue weighted by Gasteiger charge is -2.42. The first-order chi connectivity index (χ1) is 17.4. The molecule has 0 spiro atoms. The van der Waals surface area contributed by atoms with Crippen molar-refractivity contribution in [3.8, 4) is 5.75 Å². The quantitative estimate of drug-likeness (QED) is 0.562. The van der Waals surface area contributed by atoms with Crippen molar-refractivity contribution in [3.05, 3.63) is 53.8 Å². The number of ether oxygens (including phenoxy) is 2. The molecule has 9 nitrogen and oxygen atoms in total. The third-order valence-electron chi connectivity index (χ3n) is 6.37. The van der Waals surface area contributed by atoms with E-state index in [1.165, 1.54) is 12.1 Å². The first-order valence-corrected chi connectivity index (χ1v) is 12.1. The molecule has 0 aliphatic carbocycles. The van der Waals surface area contributed by atoms with Gasteiger partial charge in [0.25, 0.3) is 5.91 Å². The number of nitrogens with one attached hydrogen (secondary N) is 3. The number of halogens is 1. The summed E-state index contributed by atoms with van der Waals surface area (Å²) in [5.74, 6) is -0.680. The lowest BCUT2D eigenvalue weighted by molar-refractivity contribution is -0.130. The van der Waals surface area contributed by atoms with Crippen LogP contribution in [0.15, 0.2) is 42.5 Å². The van der Waals surface area contributed by atoms with Gasteiger partial charge in [0.15, 0.2) is 0 Å². The predicted octanol–water partition coefficient (Wildman–Crippen LogP) is 3.77. The fraction of sp³-hybridized carbons (Fsp3) is 0.423. The fourth-order valence-electron chi connectivity index (χ4n) is 4.49. The van der Waals surface area contributed by atoms with Crippen molar-refractivity contribution >= 4 is 29.2 Å². The van der Waals surface area contributed by atoms with Gasteiger partial charge >= 0.3 is 6.03 Å². The van der Waals surface area contributed by atoms with Gasteiger partial charge in [0.1, 0.15) is 24.3 Å². The molecule has 2 aliphatic rings. The van der Waals surface area contributed by atoms with Crippen molar-refractivity contribution in [2.75, 3.05) is 30.8 Å². The Morgan fingerprint density at radius 3 is 2.72 bits per heavy atom. The Hall–Kier alpha value is -3.66. The van der Waals surface area contributed by atoms with E-state index in [1.807, 2.05) is 6.92 Å². The summed E-state index contributed by atoms with van der Waals surface area (Å²) in [4.78, 5) is 39.4. The average molecular weight is 499 g/mol. The fourth-order valence-corrected chi connectivity index (χ4v) is 4.49. The number of nitrogens with zero attached hydrogens (tertiary/aromatic N) is 1. The number of carbonyl (C=O) groups excluding carboxylic acids is 3. The molecule has 2 aromatic carbocycles. The summed E-state index contributed by atoms with van der Waals surface area (Å²) in [5.41, 5.74) is 0.977. The van der Waals surface area contributed by atoms with Gasteiger partial charge in [0.05, 0.1) is 29.8 Å². The second kappa shape index (κ2) is 11.4. The van der Waals surface area contributed by atoms with Gasteiger partial charge in [-0.1, -0.05) is 19.1 Å². The number of fused-ring (bicyclic) bond motifs is 2. The topological polar surface area (TPSA) is 109 Å². The number of hydrogen-bond donors (Lipinski definition) is 3. The highest BCUT2D eigenvalue weighted by atomic mass is 19.1. The van der Waals surface area contributed by atoms with Crippen molar-refractivity contribution in [2.45, 2.75) is 50.9 Å². The molecule has 3 N–H and O–H groups in total. The Morgan fingerprint density at radius 2 is 1.94 bits per heavy atom. The van der Waals surface area contributed by atoms with E-state index in [1.54, 1.807) is 42.3 Å². The number of amides is 4. The molecule has 10 heteroatoms. The summed E-state index contributed by atoms with van der Waals surface area (Å²) < 4.78 is 26.0. The summed E-state index contributed by atoms with van der Waals surface area (Å²) in [6.07, 6.45) is 1.27. The number of likely N-dealkylation sites (N-methyl/N-ethyl adjacent to an activating group) is 1. The van der Waals surface area contributed by atoms with E-state index in [0.29, 0.717) is 36.4 Å². The minimum Gasteiger partial charge on any atom is -0.490 e. The molecular formula is C26H31FN4O5. The highest BCUT2D eigenvalue weighted by molar-refractivity contribution is 5.99. The number of anilines is 2. The van der Waals surface area contributed by atoms with Crippen LogP contribution in [0.2, 0.25) is 0 Å². The smallest absolute Gasteiger partial charge is 0.319 e. The van der Waals surface area contributed by atoms with Crippen molar-refractivity contribution in [3.63, 3.8) is 0 Å². The molecule has 0 aromatic heterocycles. The Kier molecular flexibility index (Phi) is 8.04. The van der Waals surface area contributed by atoms with E-state index in [9.17, 15) is 18.8 Å². The van der Waals surface area contributed by atoms with E-state index in [-0.39, 0.29) is 48.7 Å². The van der Waals surface area contributed by atoms with E-state index < -0.39 is 11.9 Å². The minimum atomic E-state index is -0.498. The third-order valence-corrected chi connectivity index (χ3v) is 6.37. The largest absolute Gasteiger partial charge is 0.490 e. The highest BCUT2D eigenvalue weighted by Crippen LogP contribution is 2.32. The third kappa shape index (κ3) is 5.93. The molecule has 0 radical (unpaired) electrons. The van der Waals surface area contributed by atoms with Crippen LogP contribution in [0.3, 0.4) is 0 Å². The normalized spacial score (nSPS) is 21.2. The van der Waals surface area contributed by atoms with Gasteiger partial charge in [0, 0.05) is 19.3 Å². The van der Waals surface area contributed by atoms with Gasteiger partial charge in [-0.15, -0.1) is 0 Å². The summed E-state index contributed by atoms with van der Waals surface area (Å²) in [7, 11) is 1.72. The number of urea groups is 1. The van der Waals surface area contributed by atoms with Crippen molar-refractivity contribution in [1.29, 1.82) is 0 Å². The molecule has 2 aliphatic heterocycles. The van der Waals surface area contributed by atoms with Crippen LogP contribution in [0.4, 0.5) is 20.6 Å². The van der Waals surface area contributed by atoms with Crippen LogP contribution in [0, 0.1) is 5.82 Å². The molecule has 2 heterocycles. The monoisotopic (exact) mass is 498 g/mol. The highest BCUT2D eigenvalue weighted by Gasteiger charge is 2.39. The van der Waals surface area contributed by atoms with Crippen molar-refractivity contribution in [1.82, 2.24) is 10.2 Å². The molecule has 36 heavy (non-hydrogen) atoms. The molecule has 4 rings (SSSR count). The molecule has 192 valence electrons. The van der Waals surface area contributed by atoms with Crippen LogP contribution in [0.25, 0.3) is 0 Å². The summed E-state index contributed by atoms with van der Waals surface area (Å²) in [5, 5.41) is 8.06. The summed E-state index contributed by atoms with van der Waals surface area (Å²) in [6.45, 7) is 2.71. The van der Waals surface area contributed by atoms with Crippen LogP contribution in [0.5, 0.6) is 5.75 Å². The zero-order valence-corrected chi connectivity index (χ0v) is 20.4. The second-order valence-corrected chi connectivity index (χ2v) is 8.99. The van der Waals surface area contributed by atoms with Gasteiger partial charge in [-0.2, -0.15) is 0 Å². The summed E-state index contributed by atoms with van der Waals surface area (Å²) >= 11 is 0. The molecule has 0 unspecified atom stereocenters. The maximum absolute atomic E-state index is 13.8.